The van der Waals surface area contributed by atoms with E-state index in [1.807, 2.05) is 0 Å². The zero-order valence-electron chi connectivity index (χ0n) is 24.2. The lowest BCUT2D eigenvalue weighted by Gasteiger charge is -2.25. The first-order valence-electron chi connectivity index (χ1n) is 13.7. The molecule has 4 aromatic rings. The van der Waals surface area contributed by atoms with Crippen molar-refractivity contribution in [2.24, 2.45) is 11.8 Å². The van der Waals surface area contributed by atoms with Crippen LogP contribution in [0, 0.1) is 58.4 Å². The van der Waals surface area contributed by atoms with Crippen molar-refractivity contribution >= 4 is 46.4 Å². The standard InChI is InChI=1S/C32H22F8N4O4/c33-15-1-16(34)6-23(5-15)41-29(45)13-27(31(47)43-25-9-19(37)3-20(38)10-25)28(32(48)44-26-11-21(39)4-22(40)12-26)14-30(46)42-24-7-17(35)2-18(36)8-24/h1-12,27-28H,13-14H2,(H,41,45)(H,42,46)(H,43,47)(H,44,48). The van der Waals surface area contributed by atoms with Crippen molar-refractivity contribution in [2.75, 3.05) is 21.3 Å². The molecule has 0 saturated heterocycles. The number of halogens is 8. The van der Waals surface area contributed by atoms with Gasteiger partial charge in [0.05, 0.1) is 11.8 Å². The predicted molar refractivity (Wildman–Crippen MR) is 156 cm³/mol. The lowest BCUT2D eigenvalue weighted by molar-refractivity contribution is -0.134. The first-order valence-corrected chi connectivity index (χ1v) is 13.7. The van der Waals surface area contributed by atoms with Crippen LogP contribution in [0.5, 0.6) is 0 Å². The highest BCUT2D eigenvalue weighted by molar-refractivity contribution is 6.05. The molecule has 0 radical (unpaired) electrons. The lowest BCUT2D eigenvalue weighted by atomic mass is 9.84. The molecule has 0 aliphatic rings. The Morgan fingerprint density at radius 1 is 0.375 bits per heavy atom. The molecule has 0 bridgehead atoms. The Hall–Kier alpha value is -5.80. The minimum atomic E-state index is -1.96. The molecule has 0 saturated carbocycles. The Morgan fingerprint density at radius 3 is 0.812 bits per heavy atom. The van der Waals surface area contributed by atoms with Crippen molar-refractivity contribution in [3.05, 3.63) is 119 Å². The largest absolute Gasteiger partial charge is 0.326 e. The molecule has 4 amide bonds. The van der Waals surface area contributed by atoms with Gasteiger partial charge in [-0.1, -0.05) is 0 Å². The summed E-state index contributed by atoms with van der Waals surface area (Å²) in [4.78, 5) is 53.3. The minimum Gasteiger partial charge on any atom is -0.326 e. The summed E-state index contributed by atoms with van der Waals surface area (Å²) < 4.78 is 110. The third-order valence-corrected chi connectivity index (χ3v) is 6.52. The fourth-order valence-electron chi connectivity index (χ4n) is 4.63. The molecule has 2 unspecified atom stereocenters. The summed E-state index contributed by atoms with van der Waals surface area (Å²) in [5.74, 6) is -17.6. The summed E-state index contributed by atoms with van der Waals surface area (Å²) in [6.45, 7) is 0. The number of hydrogen-bond donors (Lipinski definition) is 4. The van der Waals surface area contributed by atoms with Gasteiger partial charge in [0.1, 0.15) is 46.5 Å². The molecule has 4 aromatic carbocycles. The van der Waals surface area contributed by atoms with Crippen molar-refractivity contribution in [1.29, 1.82) is 0 Å². The average molecular weight is 679 g/mol. The fraction of sp³-hybridized carbons (Fsp3) is 0.125. The number of carbonyl (C=O) groups excluding carboxylic acids is 4. The number of rotatable bonds is 11. The second kappa shape index (κ2) is 15.2. The number of amides is 4. The molecule has 250 valence electrons. The zero-order valence-corrected chi connectivity index (χ0v) is 24.2. The molecule has 0 aliphatic carbocycles. The molecule has 16 heteroatoms. The van der Waals surface area contributed by atoms with Crippen molar-refractivity contribution in [3.63, 3.8) is 0 Å². The van der Waals surface area contributed by atoms with E-state index in [-0.39, 0.29) is 0 Å². The van der Waals surface area contributed by atoms with Gasteiger partial charge in [-0.2, -0.15) is 0 Å². The molecular formula is C32H22F8N4O4. The van der Waals surface area contributed by atoms with Crippen LogP contribution in [-0.2, 0) is 19.2 Å². The van der Waals surface area contributed by atoms with Gasteiger partial charge in [0.2, 0.25) is 23.6 Å². The molecule has 8 nitrogen and oxygen atoms in total. The quantitative estimate of drug-likeness (QED) is 0.133. The van der Waals surface area contributed by atoms with Crippen LogP contribution in [0.2, 0.25) is 0 Å². The van der Waals surface area contributed by atoms with E-state index in [1.165, 1.54) is 0 Å². The van der Waals surface area contributed by atoms with Crippen molar-refractivity contribution in [3.8, 4) is 0 Å². The first kappa shape index (κ1) is 35.1. The van der Waals surface area contributed by atoms with E-state index in [0.29, 0.717) is 48.5 Å². The van der Waals surface area contributed by atoms with Gasteiger partial charge in [-0.3, -0.25) is 19.2 Å². The predicted octanol–water partition coefficient (Wildman–Crippen LogP) is 6.67. The van der Waals surface area contributed by atoms with Gasteiger partial charge in [0.25, 0.3) is 0 Å². The highest BCUT2D eigenvalue weighted by atomic mass is 19.2. The molecule has 4 N–H and O–H groups in total. The maximum Gasteiger partial charge on any atom is 0.228 e. The van der Waals surface area contributed by atoms with E-state index in [9.17, 15) is 54.3 Å². The van der Waals surface area contributed by atoms with Gasteiger partial charge in [-0.05, 0) is 48.5 Å². The molecule has 0 fully saturated rings. The van der Waals surface area contributed by atoms with Crippen molar-refractivity contribution in [2.45, 2.75) is 12.8 Å². The summed E-state index contributed by atoms with van der Waals surface area (Å²) in [7, 11) is 0. The number of anilines is 4. The number of carbonyl (C=O) groups is 4. The maximum absolute atomic E-state index is 13.9. The van der Waals surface area contributed by atoms with E-state index in [2.05, 4.69) is 21.3 Å². The molecule has 2 atom stereocenters. The monoisotopic (exact) mass is 678 g/mol. The summed E-state index contributed by atoms with van der Waals surface area (Å²) in [6.07, 6.45) is -2.06. The maximum atomic E-state index is 13.9. The van der Waals surface area contributed by atoms with Crippen LogP contribution >= 0.6 is 0 Å². The van der Waals surface area contributed by atoms with Crippen LogP contribution in [-0.4, -0.2) is 23.6 Å². The van der Waals surface area contributed by atoms with E-state index in [4.69, 9.17) is 0 Å². The highest BCUT2D eigenvalue weighted by Crippen LogP contribution is 2.27. The second-order valence-corrected chi connectivity index (χ2v) is 10.3. The molecule has 4 rings (SSSR count). The summed E-state index contributed by atoms with van der Waals surface area (Å²) in [5.41, 5.74) is -1.79. The van der Waals surface area contributed by atoms with Crippen LogP contribution in [0.3, 0.4) is 0 Å². The van der Waals surface area contributed by atoms with E-state index in [1.54, 1.807) is 0 Å². The van der Waals surface area contributed by atoms with Crippen LogP contribution in [0.4, 0.5) is 57.9 Å². The first-order chi connectivity index (χ1) is 22.6. The molecule has 0 spiro atoms. The molecule has 0 heterocycles. The molecule has 0 aromatic heterocycles. The summed E-state index contributed by atoms with van der Waals surface area (Å²) in [5, 5.41) is 8.48. The number of hydrogen-bond acceptors (Lipinski definition) is 4. The lowest BCUT2D eigenvalue weighted by Crippen LogP contribution is -2.40. The van der Waals surface area contributed by atoms with Crippen molar-refractivity contribution in [1.82, 2.24) is 0 Å². The molecular weight excluding hydrogens is 656 g/mol. The molecule has 0 aliphatic heterocycles. The highest BCUT2D eigenvalue weighted by Gasteiger charge is 2.37. The topological polar surface area (TPSA) is 116 Å². The third kappa shape index (κ3) is 10.1. The number of benzene rings is 4. The van der Waals surface area contributed by atoms with Gasteiger partial charge < -0.3 is 21.3 Å². The Morgan fingerprint density at radius 2 is 0.583 bits per heavy atom. The molecule has 48 heavy (non-hydrogen) atoms. The summed E-state index contributed by atoms with van der Waals surface area (Å²) >= 11 is 0. The average Bonchev–Trinajstić information content (AvgIpc) is 2.92. The van der Waals surface area contributed by atoms with Gasteiger partial charge in [-0.15, -0.1) is 0 Å². The van der Waals surface area contributed by atoms with Crippen LogP contribution < -0.4 is 21.3 Å². The SMILES string of the molecule is O=C(CC(C(=O)Nc1cc(F)cc(F)c1)C(CC(=O)Nc1cc(F)cc(F)c1)C(=O)Nc1cc(F)cc(F)c1)Nc1cc(F)cc(F)c1. The van der Waals surface area contributed by atoms with E-state index < -0.39 is 118 Å². The van der Waals surface area contributed by atoms with Crippen molar-refractivity contribution < 1.29 is 54.3 Å². The van der Waals surface area contributed by atoms with Gasteiger partial charge >= 0.3 is 0 Å². The Balaban J connectivity index is 1.72. The van der Waals surface area contributed by atoms with E-state index in [0.717, 1.165) is 24.3 Å². The second-order valence-electron chi connectivity index (χ2n) is 10.3. The van der Waals surface area contributed by atoms with Crippen LogP contribution in [0.1, 0.15) is 12.8 Å². The Bertz CT molecular complexity index is 1680. The Labute approximate surface area is 266 Å². The summed E-state index contributed by atoms with van der Waals surface area (Å²) in [6, 6.07) is 7.59. The zero-order chi connectivity index (χ0) is 35.1. The van der Waals surface area contributed by atoms with Crippen LogP contribution in [0.25, 0.3) is 0 Å². The normalized spacial score (nSPS) is 12.1. The van der Waals surface area contributed by atoms with Crippen LogP contribution in [0.15, 0.2) is 72.8 Å². The van der Waals surface area contributed by atoms with Gasteiger partial charge in [0, 0.05) is 59.9 Å². The number of nitrogens with one attached hydrogen (secondary N) is 4. The van der Waals surface area contributed by atoms with Gasteiger partial charge in [0.15, 0.2) is 0 Å². The van der Waals surface area contributed by atoms with Gasteiger partial charge in [-0.25, -0.2) is 35.1 Å². The fourth-order valence-corrected chi connectivity index (χ4v) is 4.63. The Kier molecular flexibility index (Phi) is 11.1. The smallest absolute Gasteiger partial charge is 0.228 e. The minimum absolute atomic E-state index is 0.411. The third-order valence-electron chi connectivity index (χ3n) is 6.52. The van der Waals surface area contributed by atoms with E-state index >= 15 is 0 Å².